The highest BCUT2D eigenvalue weighted by Crippen LogP contribution is 2.28. The van der Waals surface area contributed by atoms with Crippen LogP contribution in [0.25, 0.3) is 0 Å². The molecule has 6 heteroatoms. The predicted octanol–water partition coefficient (Wildman–Crippen LogP) is 1.88. The normalized spacial score (nSPS) is 24.2. The second-order valence-corrected chi connectivity index (χ2v) is 7.37. The summed E-state index contributed by atoms with van der Waals surface area (Å²) in [4.78, 5) is -0.248. The van der Waals surface area contributed by atoms with Crippen LogP contribution in [0.2, 0.25) is 0 Å². The number of nitrogens with two attached hydrogens (primary N) is 1. The molecule has 0 aliphatic carbocycles. The Bertz CT molecular complexity index is 589. The summed E-state index contributed by atoms with van der Waals surface area (Å²) in [6.45, 7) is 4.43. The highest BCUT2D eigenvalue weighted by Gasteiger charge is 2.38. The zero-order chi connectivity index (χ0) is 14.9. The molecule has 1 aliphatic heterocycles. The molecule has 1 aromatic carbocycles. The molecule has 112 valence electrons. The molecule has 0 radical (unpaired) electrons. The third-order valence-electron chi connectivity index (χ3n) is 3.82. The van der Waals surface area contributed by atoms with Gasteiger partial charge in [0.1, 0.15) is 10.7 Å². The molecule has 2 N–H and O–H groups in total. The van der Waals surface area contributed by atoms with Crippen molar-refractivity contribution in [2.24, 2.45) is 11.7 Å². The molecule has 1 heterocycles. The van der Waals surface area contributed by atoms with E-state index in [1.54, 1.807) is 13.0 Å². The second-order valence-electron chi connectivity index (χ2n) is 5.47. The van der Waals surface area contributed by atoms with E-state index in [0.717, 1.165) is 18.4 Å². The average molecular weight is 300 g/mol. The summed E-state index contributed by atoms with van der Waals surface area (Å²) >= 11 is 0. The highest BCUT2D eigenvalue weighted by atomic mass is 32.2. The van der Waals surface area contributed by atoms with Gasteiger partial charge in [0.15, 0.2) is 0 Å². The van der Waals surface area contributed by atoms with Gasteiger partial charge in [-0.1, -0.05) is 19.4 Å². The van der Waals surface area contributed by atoms with E-state index in [1.165, 1.54) is 16.4 Å². The molecule has 2 atom stereocenters. The molecular formula is C14H21FN2O2S. The Kier molecular flexibility index (Phi) is 4.46. The van der Waals surface area contributed by atoms with Gasteiger partial charge in [0.25, 0.3) is 0 Å². The minimum atomic E-state index is -3.80. The van der Waals surface area contributed by atoms with Crippen LogP contribution in [0.5, 0.6) is 0 Å². The molecule has 0 unspecified atom stereocenters. The zero-order valence-electron chi connectivity index (χ0n) is 11.8. The molecule has 20 heavy (non-hydrogen) atoms. The number of hydrogen-bond acceptors (Lipinski definition) is 3. The van der Waals surface area contributed by atoms with Gasteiger partial charge in [-0.3, -0.25) is 0 Å². The van der Waals surface area contributed by atoms with Crippen molar-refractivity contribution in [3.8, 4) is 0 Å². The summed E-state index contributed by atoms with van der Waals surface area (Å²) in [5, 5.41) is 0. The van der Waals surface area contributed by atoms with E-state index in [2.05, 4.69) is 0 Å². The lowest BCUT2D eigenvalue weighted by Gasteiger charge is -2.17. The molecule has 1 saturated heterocycles. The first-order valence-corrected chi connectivity index (χ1v) is 8.32. The third kappa shape index (κ3) is 2.87. The molecular weight excluding hydrogens is 279 g/mol. The van der Waals surface area contributed by atoms with Gasteiger partial charge >= 0.3 is 0 Å². The van der Waals surface area contributed by atoms with Gasteiger partial charge in [-0.05, 0) is 37.0 Å². The fraction of sp³-hybridized carbons (Fsp3) is 0.571. The van der Waals surface area contributed by atoms with E-state index in [9.17, 15) is 12.8 Å². The predicted molar refractivity (Wildman–Crippen MR) is 76.3 cm³/mol. The highest BCUT2D eigenvalue weighted by molar-refractivity contribution is 7.89. The van der Waals surface area contributed by atoms with Crippen LogP contribution < -0.4 is 5.73 Å². The van der Waals surface area contributed by atoms with Crippen molar-refractivity contribution < 1.29 is 12.8 Å². The third-order valence-corrected chi connectivity index (χ3v) is 5.67. The minimum Gasteiger partial charge on any atom is -0.326 e. The molecule has 0 aromatic heterocycles. The fourth-order valence-corrected chi connectivity index (χ4v) is 4.36. The van der Waals surface area contributed by atoms with Crippen LogP contribution in [-0.2, 0) is 10.0 Å². The van der Waals surface area contributed by atoms with E-state index in [-0.39, 0.29) is 23.4 Å². The first kappa shape index (κ1) is 15.4. The van der Waals surface area contributed by atoms with E-state index >= 15 is 0 Å². The van der Waals surface area contributed by atoms with Gasteiger partial charge in [-0.25, -0.2) is 12.8 Å². The number of rotatable bonds is 4. The van der Waals surface area contributed by atoms with Crippen molar-refractivity contribution >= 4 is 10.0 Å². The van der Waals surface area contributed by atoms with Gasteiger partial charge in [0.05, 0.1) is 0 Å². The van der Waals surface area contributed by atoms with Crippen molar-refractivity contribution in [1.82, 2.24) is 4.31 Å². The van der Waals surface area contributed by atoms with Crippen LogP contribution in [0.3, 0.4) is 0 Å². The number of nitrogens with zero attached hydrogens (tertiary/aromatic N) is 1. The molecule has 0 spiro atoms. The van der Waals surface area contributed by atoms with Crippen LogP contribution in [0.15, 0.2) is 23.1 Å². The Morgan fingerprint density at radius 2 is 2.10 bits per heavy atom. The molecule has 1 aliphatic rings. The van der Waals surface area contributed by atoms with Crippen LogP contribution in [0, 0.1) is 18.7 Å². The number of sulfonamides is 1. The Morgan fingerprint density at radius 3 is 2.75 bits per heavy atom. The van der Waals surface area contributed by atoms with E-state index in [4.69, 9.17) is 5.73 Å². The van der Waals surface area contributed by atoms with Crippen LogP contribution in [0.4, 0.5) is 4.39 Å². The first-order chi connectivity index (χ1) is 9.36. The molecule has 0 saturated carbocycles. The molecule has 0 amide bonds. The molecule has 1 fully saturated rings. The Morgan fingerprint density at radius 1 is 1.40 bits per heavy atom. The molecule has 2 rings (SSSR count). The van der Waals surface area contributed by atoms with E-state index in [1.807, 2.05) is 6.92 Å². The molecule has 4 nitrogen and oxygen atoms in total. The number of aryl methyl sites for hydroxylation is 1. The second kappa shape index (κ2) is 5.79. The summed E-state index contributed by atoms with van der Waals surface area (Å²) < 4.78 is 40.2. The van der Waals surface area contributed by atoms with Crippen molar-refractivity contribution in [3.63, 3.8) is 0 Å². The van der Waals surface area contributed by atoms with Crippen LogP contribution in [0.1, 0.15) is 25.3 Å². The summed E-state index contributed by atoms with van der Waals surface area (Å²) in [7, 11) is -3.80. The van der Waals surface area contributed by atoms with Crippen molar-refractivity contribution in [2.45, 2.75) is 37.6 Å². The van der Waals surface area contributed by atoms with Crippen LogP contribution >= 0.6 is 0 Å². The minimum absolute atomic E-state index is 0.155. The van der Waals surface area contributed by atoms with Crippen LogP contribution in [-0.4, -0.2) is 31.9 Å². The number of benzene rings is 1. The lowest BCUT2D eigenvalue weighted by atomic mass is 9.99. The summed E-state index contributed by atoms with van der Waals surface area (Å²) in [5.41, 5.74) is 6.72. The topological polar surface area (TPSA) is 63.4 Å². The Labute approximate surface area is 119 Å². The van der Waals surface area contributed by atoms with Gasteiger partial charge < -0.3 is 5.73 Å². The SMILES string of the molecule is CCC[C@@H]1CN(S(=O)(=O)c2cc(C)ccc2F)C[C@H]1N. The van der Waals surface area contributed by atoms with E-state index < -0.39 is 15.8 Å². The number of halogens is 1. The van der Waals surface area contributed by atoms with Crippen molar-refractivity contribution in [2.75, 3.05) is 13.1 Å². The van der Waals surface area contributed by atoms with Crippen molar-refractivity contribution in [3.05, 3.63) is 29.6 Å². The van der Waals surface area contributed by atoms with Crippen molar-refractivity contribution in [1.29, 1.82) is 0 Å². The largest absolute Gasteiger partial charge is 0.326 e. The lowest BCUT2D eigenvalue weighted by Crippen LogP contribution is -2.32. The molecule has 1 aromatic rings. The fourth-order valence-electron chi connectivity index (χ4n) is 2.68. The summed E-state index contributed by atoms with van der Waals surface area (Å²) in [6.07, 6.45) is 1.86. The summed E-state index contributed by atoms with van der Waals surface area (Å²) in [6, 6.07) is 3.97. The summed E-state index contributed by atoms with van der Waals surface area (Å²) in [5.74, 6) is -0.550. The Balaban J connectivity index is 2.30. The smallest absolute Gasteiger partial charge is 0.246 e. The quantitative estimate of drug-likeness (QED) is 0.923. The standard InChI is InChI=1S/C14H21FN2O2S/c1-3-4-11-8-17(9-13(11)16)20(18,19)14-7-10(2)5-6-12(14)15/h5-7,11,13H,3-4,8-9,16H2,1-2H3/t11-,13-/m1/s1. The van der Waals surface area contributed by atoms with E-state index in [0.29, 0.717) is 6.54 Å². The molecule has 0 bridgehead atoms. The lowest BCUT2D eigenvalue weighted by molar-refractivity contribution is 0.436. The first-order valence-electron chi connectivity index (χ1n) is 6.88. The number of hydrogen-bond donors (Lipinski definition) is 1. The zero-order valence-corrected chi connectivity index (χ0v) is 12.7. The Hall–Kier alpha value is -0.980. The maximum Gasteiger partial charge on any atom is 0.246 e. The van der Waals surface area contributed by atoms with Gasteiger partial charge in [0.2, 0.25) is 10.0 Å². The van der Waals surface area contributed by atoms with Gasteiger partial charge in [-0.2, -0.15) is 4.31 Å². The van der Waals surface area contributed by atoms with Gasteiger partial charge in [-0.15, -0.1) is 0 Å². The van der Waals surface area contributed by atoms with Gasteiger partial charge in [0, 0.05) is 19.1 Å². The monoisotopic (exact) mass is 300 g/mol. The maximum atomic E-state index is 13.8. The average Bonchev–Trinajstić information content (AvgIpc) is 2.75. The maximum absolute atomic E-state index is 13.8.